The van der Waals surface area contributed by atoms with Gasteiger partial charge in [0.15, 0.2) is 22.8 Å². The van der Waals surface area contributed by atoms with Crippen LogP contribution in [0.15, 0.2) is 6.33 Å². The summed E-state index contributed by atoms with van der Waals surface area (Å²) in [7, 11) is 0. The van der Waals surface area contributed by atoms with Gasteiger partial charge in [0, 0.05) is 0 Å². The summed E-state index contributed by atoms with van der Waals surface area (Å²) >= 11 is 12.2. The molecule has 0 aliphatic carbocycles. The SMILES string of the molecule is CCOC(=O)C(C)(OC[C@H]1O[C@@H](n2cnc3c(Cl)nc(Cl)nc32)[C@@H]2OC(C)(C)O[C@@H]21)C(=O)OCC. The van der Waals surface area contributed by atoms with Crippen LogP contribution in [0.4, 0.5) is 0 Å². The minimum Gasteiger partial charge on any atom is -0.463 e. The highest BCUT2D eigenvalue weighted by Crippen LogP contribution is 2.44. The second kappa shape index (κ2) is 9.75. The zero-order valence-corrected chi connectivity index (χ0v) is 21.3. The summed E-state index contributed by atoms with van der Waals surface area (Å²) in [5.74, 6) is -2.66. The molecule has 0 saturated carbocycles. The van der Waals surface area contributed by atoms with Crippen LogP contribution in [-0.2, 0) is 38.0 Å². The van der Waals surface area contributed by atoms with E-state index in [1.54, 1.807) is 32.3 Å². The van der Waals surface area contributed by atoms with Crippen LogP contribution in [0.25, 0.3) is 11.2 Å². The lowest BCUT2D eigenvalue weighted by atomic mass is 10.1. The molecule has 35 heavy (non-hydrogen) atoms. The minimum absolute atomic E-state index is 0.0535. The van der Waals surface area contributed by atoms with Gasteiger partial charge < -0.3 is 28.4 Å². The van der Waals surface area contributed by atoms with E-state index in [2.05, 4.69) is 15.0 Å². The molecule has 0 radical (unpaired) electrons. The van der Waals surface area contributed by atoms with E-state index in [0.717, 1.165) is 0 Å². The maximum absolute atomic E-state index is 12.6. The quantitative estimate of drug-likeness (QED) is 0.214. The molecule has 0 bridgehead atoms. The molecule has 2 aromatic rings. The highest BCUT2D eigenvalue weighted by molar-refractivity contribution is 6.35. The van der Waals surface area contributed by atoms with Crippen LogP contribution in [0.1, 0.15) is 40.8 Å². The van der Waals surface area contributed by atoms with E-state index in [0.29, 0.717) is 11.2 Å². The molecule has 0 unspecified atom stereocenters. The summed E-state index contributed by atoms with van der Waals surface area (Å²) in [6.07, 6.45) is -1.20. The number of hydrogen-bond acceptors (Lipinski definition) is 11. The second-order valence-electron chi connectivity index (χ2n) is 8.52. The van der Waals surface area contributed by atoms with E-state index in [-0.39, 0.29) is 30.3 Å². The van der Waals surface area contributed by atoms with Crippen LogP contribution in [-0.4, -0.2) is 81.0 Å². The molecule has 2 aliphatic heterocycles. The summed E-state index contributed by atoms with van der Waals surface area (Å²) in [5, 5.41) is 0.0407. The monoisotopic (exact) mass is 532 g/mol. The number of hydrogen-bond donors (Lipinski definition) is 0. The zero-order valence-electron chi connectivity index (χ0n) is 19.8. The first-order valence-corrected chi connectivity index (χ1v) is 11.8. The maximum Gasteiger partial charge on any atom is 0.349 e. The van der Waals surface area contributed by atoms with Crippen molar-refractivity contribution in [1.82, 2.24) is 19.5 Å². The van der Waals surface area contributed by atoms with Gasteiger partial charge in [-0.05, 0) is 46.2 Å². The minimum atomic E-state index is -1.99. The number of esters is 2. The average Bonchev–Trinajstić information content (AvgIpc) is 3.43. The van der Waals surface area contributed by atoms with Crippen LogP contribution < -0.4 is 0 Å². The standard InChI is InChI=1S/C21H26Cl2N4O8/c1-6-30-17(28)21(5,18(29)31-7-2)32-8-10-12-13(35-20(3,4)34-12)16(33-10)27-9-24-11-14(22)25-19(23)26-15(11)27/h9-10,12-13,16H,6-8H2,1-5H3/t10-,12-,13-,16-/m1/s1. The Hall–Kier alpha value is -2.09. The van der Waals surface area contributed by atoms with Crippen LogP contribution in [0.3, 0.4) is 0 Å². The summed E-state index contributed by atoms with van der Waals surface area (Å²) < 4.78 is 35.9. The van der Waals surface area contributed by atoms with E-state index in [1.165, 1.54) is 13.3 Å². The predicted octanol–water partition coefficient (Wildman–Crippen LogP) is 2.45. The first kappa shape index (κ1) is 26.0. The number of fused-ring (bicyclic) bond motifs is 2. The third-order valence-corrected chi connectivity index (χ3v) is 6.05. The van der Waals surface area contributed by atoms with Gasteiger partial charge in [-0.15, -0.1) is 0 Å². The summed E-state index contributed by atoms with van der Waals surface area (Å²) in [5.41, 5.74) is -1.31. The number of ether oxygens (including phenoxy) is 6. The van der Waals surface area contributed by atoms with Crippen molar-refractivity contribution in [3.05, 3.63) is 16.8 Å². The van der Waals surface area contributed by atoms with Crippen molar-refractivity contribution in [2.75, 3.05) is 19.8 Å². The fourth-order valence-corrected chi connectivity index (χ4v) is 4.47. The maximum atomic E-state index is 12.6. The third-order valence-electron chi connectivity index (χ3n) is 5.62. The van der Waals surface area contributed by atoms with Gasteiger partial charge in [-0.1, -0.05) is 11.6 Å². The number of imidazole rings is 1. The molecule has 0 amide bonds. The summed E-state index contributed by atoms with van der Waals surface area (Å²) in [6.45, 7) is 8.02. The Morgan fingerprint density at radius 2 is 1.74 bits per heavy atom. The Morgan fingerprint density at radius 3 is 2.37 bits per heavy atom. The van der Waals surface area contributed by atoms with E-state index in [9.17, 15) is 9.59 Å². The van der Waals surface area contributed by atoms with E-state index in [1.807, 2.05) is 0 Å². The van der Waals surface area contributed by atoms with Gasteiger partial charge in [0.1, 0.15) is 23.8 Å². The van der Waals surface area contributed by atoms with Gasteiger partial charge in [0.05, 0.1) is 26.1 Å². The molecule has 4 atom stereocenters. The molecule has 4 heterocycles. The first-order chi connectivity index (χ1) is 16.5. The highest BCUT2D eigenvalue weighted by Gasteiger charge is 2.57. The number of aromatic nitrogens is 4. The molecule has 14 heteroatoms. The molecular formula is C21H26Cl2N4O8. The van der Waals surface area contributed by atoms with Gasteiger partial charge in [-0.25, -0.2) is 19.6 Å². The number of carbonyl (C=O) groups excluding carboxylic acids is 2. The fraction of sp³-hybridized carbons (Fsp3) is 0.667. The van der Waals surface area contributed by atoms with E-state index >= 15 is 0 Å². The molecule has 0 aromatic carbocycles. The van der Waals surface area contributed by atoms with Crippen molar-refractivity contribution in [2.45, 2.75) is 70.5 Å². The molecule has 2 fully saturated rings. The summed E-state index contributed by atoms with van der Waals surface area (Å²) in [4.78, 5) is 37.6. The van der Waals surface area contributed by atoms with Crippen LogP contribution in [0, 0.1) is 0 Å². The van der Waals surface area contributed by atoms with Crippen LogP contribution in [0.2, 0.25) is 10.4 Å². The molecule has 192 valence electrons. The van der Waals surface area contributed by atoms with Gasteiger partial charge in [0.2, 0.25) is 5.28 Å². The van der Waals surface area contributed by atoms with Crippen molar-refractivity contribution in [3.63, 3.8) is 0 Å². The molecule has 2 aromatic heterocycles. The number of carbonyl (C=O) groups is 2. The Labute approximate surface area is 211 Å². The lowest BCUT2D eigenvalue weighted by Gasteiger charge is -2.28. The number of rotatable bonds is 8. The topological polar surface area (TPSA) is 133 Å². The third kappa shape index (κ3) is 4.83. The Morgan fingerprint density at radius 1 is 1.11 bits per heavy atom. The Balaban J connectivity index is 1.62. The van der Waals surface area contributed by atoms with E-state index in [4.69, 9.17) is 51.6 Å². The summed E-state index contributed by atoms with van der Waals surface area (Å²) in [6, 6.07) is 0. The molecular weight excluding hydrogens is 507 g/mol. The predicted molar refractivity (Wildman–Crippen MR) is 121 cm³/mol. The zero-order chi connectivity index (χ0) is 25.5. The van der Waals surface area contributed by atoms with Crippen molar-refractivity contribution in [2.24, 2.45) is 0 Å². The van der Waals surface area contributed by atoms with Gasteiger partial charge >= 0.3 is 11.9 Å². The molecule has 0 spiro atoms. The van der Waals surface area contributed by atoms with Gasteiger partial charge in [0.25, 0.3) is 5.60 Å². The Bertz CT molecular complexity index is 1110. The smallest absolute Gasteiger partial charge is 0.349 e. The molecule has 0 N–H and O–H groups in total. The van der Waals surface area contributed by atoms with Gasteiger partial charge in [-0.3, -0.25) is 4.57 Å². The fourth-order valence-electron chi connectivity index (χ4n) is 4.05. The largest absolute Gasteiger partial charge is 0.463 e. The molecule has 12 nitrogen and oxygen atoms in total. The normalized spacial score (nSPS) is 25.6. The van der Waals surface area contributed by atoms with E-state index < -0.39 is 47.9 Å². The van der Waals surface area contributed by atoms with Crippen LogP contribution >= 0.6 is 23.2 Å². The molecule has 2 saturated heterocycles. The number of nitrogens with zero attached hydrogens (tertiary/aromatic N) is 4. The average molecular weight is 533 g/mol. The lowest BCUT2D eigenvalue weighted by molar-refractivity contribution is -0.213. The molecule has 4 rings (SSSR count). The highest BCUT2D eigenvalue weighted by atomic mass is 35.5. The van der Waals surface area contributed by atoms with Crippen molar-refractivity contribution in [1.29, 1.82) is 0 Å². The van der Waals surface area contributed by atoms with Crippen molar-refractivity contribution < 1.29 is 38.0 Å². The molecule has 2 aliphatic rings. The van der Waals surface area contributed by atoms with Crippen LogP contribution in [0.5, 0.6) is 0 Å². The van der Waals surface area contributed by atoms with Gasteiger partial charge in [-0.2, -0.15) is 4.98 Å². The Kier molecular flexibility index (Phi) is 7.24. The lowest BCUT2D eigenvalue weighted by Crippen LogP contribution is -2.50. The van der Waals surface area contributed by atoms with Crippen molar-refractivity contribution >= 4 is 46.3 Å². The van der Waals surface area contributed by atoms with Crippen molar-refractivity contribution in [3.8, 4) is 0 Å². The number of halogens is 2. The second-order valence-corrected chi connectivity index (χ2v) is 9.22. The first-order valence-electron chi connectivity index (χ1n) is 11.1.